The van der Waals surface area contributed by atoms with E-state index in [4.69, 9.17) is 0 Å². The molecule has 0 unspecified atom stereocenters. The number of aromatic nitrogens is 2. The Labute approximate surface area is 148 Å². The third-order valence-corrected chi connectivity index (χ3v) is 4.64. The molecule has 8 nitrogen and oxygen atoms in total. The van der Waals surface area contributed by atoms with E-state index in [0.717, 1.165) is 0 Å². The van der Waals surface area contributed by atoms with E-state index in [1.807, 2.05) is 13.8 Å². The van der Waals surface area contributed by atoms with Crippen LogP contribution in [0.5, 0.6) is 0 Å². The molecule has 0 spiro atoms. The van der Waals surface area contributed by atoms with Crippen molar-refractivity contribution in [3.63, 3.8) is 0 Å². The van der Waals surface area contributed by atoms with Gasteiger partial charge in [0.2, 0.25) is 11.8 Å². The van der Waals surface area contributed by atoms with Crippen molar-refractivity contribution < 1.29 is 14.4 Å². The second-order valence-corrected chi connectivity index (χ2v) is 6.23. The van der Waals surface area contributed by atoms with Crippen molar-refractivity contribution in [3.05, 3.63) is 18.2 Å². The van der Waals surface area contributed by atoms with Crippen molar-refractivity contribution >= 4 is 17.7 Å². The standard InChI is InChI=1S/C17H27N5O3/c1-5-15(23)19-12-8-13(16(24)21(6-2)7-3)22(10-12)17(25)14-9-18-11-20(14)4/h9,11-13H,5-8,10H2,1-4H3,(H,19,23)/t12-,13+/m1/s1. The molecule has 1 aliphatic rings. The third kappa shape index (κ3) is 4.00. The van der Waals surface area contributed by atoms with Crippen LogP contribution in [0.25, 0.3) is 0 Å². The predicted molar refractivity (Wildman–Crippen MR) is 92.8 cm³/mol. The Morgan fingerprint density at radius 3 is 2.48 bits per heavy atom. The predicted octanol–water partition coefficient (Wildman–Crippen LogP) is 0.398. The van der Waals surface area contributed by atoms with Gasteiger partial charge in [0.1, 0.15) is 11.7 Å². The van der Waals surface area contributed by atoms with E-state index >= 15 is 0 Å². The molecule has 2 heterocycles. The average Bonchev–Trinajstić information content (AvgIpc) is 3.21. The van der Waals surface area contributed by atoms with E-state index in [-0.39, 0.29) is 23.8 Å². The number of rotatable bonds is 6. The monoisotopic (exact) mass is 349 g/mol. The highest BCUT2D eigenvalue weighted by atomic mass is 16.2. The van der Waals surface area contributed by atoms with Crippen molar-refractivity contribution in [2.45, 2.75) is 45.7 Å². The van der Waals surface area contributed by atoms with Crippen LogP contribution in [0, 0.1) is 0 Å². The molecule has 2 rings (SSSR count). The smallest absolute Gasteiger partial charge is 0.272 e. The van der Waals surface area contributed by atoms with E-state index in [1.165, 1.54) is 6.20 Å². The number of hydrogen-bond acceptors (Lipinski definition) is 4. The van der Waals surface area contributed by atoms with E-state index in [1.54, 1.807) is 34.7 Å². The first-order valence-corrected chi connectivity index (χ1v) is 8.78. The molecular formula is C17H27N5O3. The maximum Gasteiger partial charge on any atom is 0.272 e. The molecule has 0 aromatic carbocycles. The zero-order valence-electron chi connectivity index (χ0n) is 15.4. The number of hydrogen-bond donors (Lipinski definition) is 1. The van der Waals surface area contributed by atoms with Crippen LogP contribution in [-0.2, 0) is 16.6 Å². The van der Waals surface area contributed by atoms with Crippen LogP contribution in [0.4, 0.5) is 0 Å². The summed E-state index contributed by atoms with van der Waals surface area (Å²) in [6.45, 7) is 7.12. The number of amides is 3. The van der Waals surface area contributed by atoms with Gasteiger partial charge < -0.3 is 19.7 Å². The quantitative estimate of drug-likeness (QED) is 0.805. The van der Waals surface area contributed by atoms with Gasteiger partial charge in [0, 0.05) is 39.1 Å². The van der Waals surface area contributed by atoms with E-state index in [9.17, 15) is 14.4 Å². The fourth-order valence-electron chi connectivity index (χ4n) is 3.19. The van der Waals surface area contributed by atoms with Gasteiger partial charge in [-0.25, -0.2) is 4.98 Å². The molecule has 3 amide bonds. The summed E-state index contributed by atoms with van der Waals surface area (Å²) < 4.78 is 1.64. The molecule has 0 saturated carbocycles. The Bertz CT molecular complexity index is 638. The summed E-state index contributed by atoms with van der Waals surface area (Å²) in [6.07, 6.45) is 3.87. The molecule has 8 heteroatoms. The van der Waals surface area contributed by atoms with Gasteiger partial charge in [0.15, 0.2) is 0 Å². The second kappa shape index (κ2) is 8.13. The van der Waals surface area contributed by atoms with E-state index in [2.05, 4.69) is 10.3 Å². The fraction of sp³-hybridized carbons (Fsp3) is 0.647. The SMILES string of the molecule is CCC(=O)N[C@@H]1C[C@@H](C(=O)N(CC)CC)N(C(=O)c2cncn2C)C1. The Balaban J connectivity index is 2.25. The summed E-state index contributed by atoms with van der Waals surface area (Å²) in [6, 6.07) is -0.779. The highest BCUT2D eigenvalue weighted by molar-refractivity contribution is 5.97. The van der Waals surface area contributed by atoms with Gasteiger partial charge >= 0.3 is 0 Å². The van der Waals surface area contributed by atoms with Crippen LogP contribution in [0.3, 0.4) is 0 Å². The molecule has 0 bridgehead atoms. The van der Waals surface area contributed by atoms with E-state index < -0.39 is 6.04 Å². The number of likely N-dealkylation sites (tertiary alicyclic amines) is 1. The summed E-state index contributed by atoms with van der Waals surface area (Å²) in [7, 11) is 1.74. The van der Waals surface area contributed by atoms with Crippen LogP contribution in [-0.4, -0.2) is 68.8 Å². The van der Waals surface area contributed by atoms with Crippen LogP contribution < -0.4 is 5.32 Å². The molecule has 0 radical (unpaired) electrons. The molecule has 0 aliphatic carbocycles. The molecule has 2 atom stereocenters. The first kappa shape index (κ1) is 19.0. The molecule has 138 valence electrons. The Hall–Kier alpha value is -2.38. The zero-order valence-corrected chi connectivity index (χ0v) is 15.4. The second-order valence-electron chi connectivity index (χ2n) is 6.23. The van der Waals surface area contributed by atoms with Crippen molar-refractivity contribution in [2.75, 3.05) is 19.6 Å². The lowest BCUT2D eigenvalue weighted by molar-refractivity contribution is -0.135. The minimum Gasteiger partial charge on any atom is -0.352 e. The topological polar surface area (TPSA) is 87.5 Å². The maximum absolute atomic E-state index is 12.9. The van der Waals surface area contributed by atoms with E-state index in [0.29, 0.717) is 38.2 Å². The Morgan fingerprint density at radius 1 is 1.28 bits per heavy atom. The maximum atomic E-state index is 12.9. The Kier molecular flexibility index (Phi) is 6.17. The van der Waals surface area contributed by atoms with Gasteiger partial charge in [-0.1, -0.05) is 6.92 Å². The van der Waals surface area contributed by atoms with Crippen molar-refractivity contribution in [1.29, 1.82) is 0 Å². The van der Waals surface area contributed by atoms with Gasteiger partial charge in [-0.05, 0) is 20.3 Å². The summed E-state index contributed by atoms with van der Waals surface area (Å²) in [4.78, 5) is 44.8. The Morgan fingerprint density at radius 2 is 1.96 bits per heavy atom. The number of carbonyl (C=O) groups is 3. The molecule has 1 aromatic rings. The highest BCUT2D eigenvalue weighted by Crippen LogP contribution is 2.22. The summed E-state index contributed by atoms with van der Waals surface area (Å²) in [5.41, 5.74) is 0.430. The first-order valence-electron chi connectivity index (χ1n) is 8.78. The minimum atomic E-state index is -0.565. The largest absolute Gasteiger partial charge is 0.352 e. The fourth-order valence-corrected chi connectivity index (χ4v) is 3.19. The zero-order chi connectivity index (χ0) is 18.6. The van der Waals surface area contributed by atoms with Gasteiger partial charge in [-0.2, -0.15) is 0 Å². The van der Waals surface area contributed by atoms with Gasteiger partial charge in [-0.15, -0.1) is 0 Å². The summed E-state index contributed by atoms with van der Waals surface area (Å²) in [5, 5.41) is 2.91. The molecule has 1 aliphatic heterocycles. The molecule has 25 heavy (non-hydrogen) atoms. The summed E-state index contributed by atoms with van der Waals surface area (Å²) in [5.74, 6) is -0.388. The van der Waals surface area contributed by atoms with Gasteiger partial charge in [0.05, 0.1) is 12.5 Å². The van der Waals surface area contributed by atoms with Crippen LogP contribution in [0.15, 0.2) is 12.5 Å². The molecular weight excluding hydrogens is 322 g/mol. The normalized spacial score (nSPS) is 19.8. The number of imidazole rings is 1. The number of nitrogens with one attached hydrogen (secondary N) is 1. The van der Waals surface area contributed by atoms with Crippen LogP contribution in [0.1, 0.15) is 44.1 Å². The van der Waals surface area contributed by atoms with Crippen molar-refractivity contribution in [3.8, 4) is 0 Å². The highest BCUT2D eigenvalue weighted by Gasteiger charge is 2.42. The van der Waals surface area contributed by atoms with Crippen molar-refractivity contribution in [2.24, 2.45) is 7.05 Å². The molecule has 1 fully saturated rings. The minimum absolute atomic E-state index is 0.0751. The third-order valence-electron chi connectivity index (χ3n) is 4.64. The van der Waals surface area contributed by atoms with Crippen LogP contribution >= 0.6 is 0 Å². The molecule has 1 N–H and O–H groups in total. The molecule has 1 aromatic heterocycles. The number of carbonyl (C=O) groups excluding carboxylic acids is 3. The number of nitrogens with zero attached hydrogens (tertiary/aromatic N) is 4. The number of aryl methyl sites for hydroxylation is 1. The van der Waals surface area contributed by atoms with Gasteiger partial charge in [0.25, 0.3) is 5.91 Å². The lowest BCUT2D eigenvalue weighted by Crippen LogP contribution is -2.48. The lowest BCUT2D eigenvalue weighted by atomic mass is 10.1. The average molecular weight is 349 g/mol. The number of likely N-dealkylation sites (N-methyl/N-ethyl adjacent to an activating group) is 1. The lowest BCUT2D eigenvalue weighted by Gasteiger charge is -2.28. The molecule has 1 saturated heterocycles. The van der Waals surface area contributed by atoms with Crippen molar-refractivity contribution in [1.82, 2.24) is 24.7 Å². The van der Waals surface area contributed by atoms with Crippen LogP contribution in [0.2, 0.25) is 0 Å². The van der Waals surface area contributed by atoms with Gasteiger partial charge in [-0.3, -0.25) is 14.4 Å². The summed E-state index contributed by atoms with van der Waals surface area (Å²) >= 11 is 0. The first-order chi connectivity index (χ1) is 11.9.